The molecule has 2 aliphatic heterocycles. The summed E-state index contributed by atoms with van der Waals surface area (Å²) in [5.41, 5.74) is 0.412. The first-order valence-corrected chi connectivity index (χ1v) is 6.51. The van der Waals surface area contributed by atoms with Crippen LogP contribution in [0.25, 0.3) is 0 Å². The van der Waals surface area contributed by atoms with E-state index in [1.54, 1.807) is 0 Å². The van der Waals surface area contributed by atoms with Crippen molar-refractivity contribution < 1.29 is 24.0 Å². The van der Waals surface area contributed by atoms with Crippen molar-refractivity contribution in [3.63, 3.8) is 0 Å². The van der Waals surface area contributed by atoms with Gasteiger partial charge in [0.15, 0.2) is 5.78 Å². The van der Waals surface area contributed by atoms with Crippen molar-refractivity contribution in [1.29, 1.82) is 0 Å². The summed E-state index contributed by atoms with van der Waals surface area (Å²) in [6.45, 7) is 0. The van der Waals surface area contributed by atoms with Gasteiger partial charge >= 0.3 is 0 Å². The summed E-state index contributed by atoms with van der Waals surface area (Å²) < 4.78 is 0. The summed E-state index contributed by atoms with van der Waals surface area (Å²) in [6.07, 6.45) is 2.09. The molecule has 4 amide bonds. The highest BCUT2D eigenvalue weighted by Crippen LogP contribution is 2.23. The molecule has 0 spiro atoms. The van der Waals surface area contributed by atoms with Gasteiger partial charge in [-0.2, -0.15) is 0 Å². The highest BCUT2D eigenvalue weighted by atomic mass is 16.2. The standard InChI is InChI=1S/C15H10N2O5/c18-11-7-10(15(22)16-11)14(21)8-2-1-3-9(6-8)17-12(19)4-5-13(17)20/h1-6,10H,7H2,(H,16,18,22). The van der Waals surface area contributed by atoms with E-state index in [9.17, 15) is 24.0 Å². The molecule has 1 aromatic carbocycles. The van der Waals surface area contributed by atoms with Crippen LogP contribution in [-0.2, 0) is 19.2 Å². The molecule has 0 aliphatic carbocycles. The topological polar surface area (TPSA) is 101 Å². The number of hydrogen-bond acceptors (Lipinski definition) is 5. The number of hydrogen-bond donors (Lipinski definition) is 1. The van der Waals surface area contributed by atoms with Crippen LogP contribution in [0.3, 0.4) is 0 Å². The molecule has 1 aromatic rings. The molecule has 22 heavy (non-hydrogen) atoms. The van der Waals surface area contributed by atoms with Gasteiger partial charge in [0.05, 0.1) is 5.69 Å². The van der Waals surface area contributed by atoms with Crippen molar-refractivity contribution in [2.45, 2.75) is 6.42 Å². The first-order chi connectivity index (χ1) is 10.5. The van der Waals surface area contributed by atoms with E-state index >= 15 is 0 Å². The third-order valence-corrected chi connectivity index (χ3v) is 3.48. The molecule has 1 atom stereocenters. The molecule has 2 aliphatic rings. The molecule has 7 heteroatoms. The van der Waals surface area contributed by atoms with E-state index in [2.05, 4.69) is 5.32 Å². The van der Waals surface area contributed by atoms with Crippen molar-refractivity contribution in [2.75, 3.05) is 4.90 Å². The fourth-order valence-electron chi connectivity index (χ4n) is 2.42. The lowest BCUT2D eigenvalue weighted by Gasteiger charge is -2.15. The van der Waals surface area contributed by atoms with E-state index in [0.717, 1.165) is 17.1 Å². The maximum atomic E-state index is 12.3. The van der Waals surface area contributed by atoms with E-state index in [4.69, 9.17) is 0 Å². The summed E-state index contributed by atoms with van der Waals surface area (Å²) in [7, 11) is 0. The molecule has 1 N–H and O–H groups in total. The van der Waals surface area contributed by atoms with E-state index in [0.29, 0.717) is 0 Å². The van der Waals surface area contributed by atoms with Gasteiger partial charge in [-0.25, -0.2) is 4.90 Å². The zero-order valence-electron chi connectivity index (χ0n) is 11.2. The number of nitrogens with zero attached hydrogens (tertiary/aromatic N) is 1. The first kappa shape index (κ1) is 13.9. The predicted molar refractivity (Wildman–Crippen MR) is 73.7 cm³/mol. The number of anilines is 1. The molecule has 0 saturated carbocycles. The number of carbonyl (C=O) groups excluding carboxylic acids is 5. The van der Waals surface area contributed by atoms with Gasteiger partial charge in [-0.15, -0.1) is 0 Å². The van der Waals surface area contributed by atoms with Crippen LogP contribution in [0.2, 0.25) is 0 Å². The first-order valence-electron chi connectivity index (χ1n) is 6.51. The van der Waals surface area contributed by atoms with Gasteiger partial charge in [-0.1, -0.05) is 12.1 Å². The fourth-order valence-corrected chi connectivity index (χ4v) is 2.42. The average Bonchev–Trinajstić information content (AvgIpc) is 3.00. The Morgan fingerprint density at radius 2 is 1.77 bits per heavy atom. The largest absolute Gasteiger partial charge is 0.296 e. The molecule has 3 rings (SSSR count). The molecule has 1 saturated heterocycles. The van der Waals surface area contributed by atoms with Crippen molar-refractivity contribution in [1.82, 2.24) is 5.32 Å². The number of benzene rings is 1. The average molecular weight is 298 g/mol. The van der Waals surface area contributed by atoms with Crippen molar-refractivity contribution >= 4 is 35.1 Å². The van der Waals surface area contributed by atoms with E-state index in [-0.39, 0.29) is 17.7 Å². The molecule has 0 aromatic heterocycles. The molecular formula is C15H10N2O5. The Labute approximate surface area is 124 Å². The van der Waals surface area contributed by atoms with E-state index < -0.39 is 35.3 Å². The van der Waals surface area contributed by atoms with Crippen LogP contribution >= 0.6 is 0 Å². The number of Topliss-reactive ketones (excluding diaryl/α,β-unsaturated/α-hetero) is 1. The Kier molecular flexibility index (Phi) is 3.17. The summed E-state index contributed by atoms with van der Waals surface area (Å²) in [5, 5.41) is 2.07. The second-order valence-electron chi connectivity index (χ2n) is 4.93. The number of nitrogens with one attached hydrogen (secondary N) is 1. The SMILES string of the molecule is O=C1CC(C(=O)c2cccc(N3C(=O)C=CC3=O)c2)C(=O)N1. The second-order valence-corrected chi connectivity index (χ2v) is 4.93. The summed E-state index contributed by atoms with van der Waals surface area (Å²) in [5.74, 6) is -3.70. The summed E-state index contributed by atoms with van der Waals surface area (Å²) >= 11 is 0. The summed E-state index contributed by atoms with van der Waals surface area (Å²) in [4.78, 5) is 59.3. The van der Waals surface area contributed by atoms with Crippen molar-refractivity contribution in [2.24, 2.45) is 5.92 Å². The Bertz CT molecular complexity index is 747. The molecule has 0 radical (unpaired) electrons. The highest BCUT2D eigenvalue weighted by Gasteiger charge is 2.37. The lowest BCUT2D eigenvalue weighted by atomic mass is 9.96. The van der Waals surface area contributed by atoms with Crippen LogP contribution in [0.4, 0.5) is 5.69 Å². The number of amides is 4. The molecule has 7 nitrogen and oxygen atoms in total. The third kappa shape index (κ3) is 2.22. The highest BCUT2D eigenvalue weighted by molar-refractivity contribution is 6.28. The van der Waals surface area contributed by atoms with Gasteiger partial charge in [0.2, 0.25) is 11.8 Å². The monoisotopic (exact) mass is 298 g/mol. The van der Waals surface area contributed by atoms with Crippen LogP contribution in [0, 0.1) is 5.92 Å². The third-order valence-electron chi connectivity index (χ3n) is 3.48. The molecule has 110 valence electrons. The van der Waals surface area contributed by atoms with Crippen LogP contribution in [0.5, 0.6) is 0 Å². The zero-order valence-corrected chi connectivity index (χ0v) is 11.2. The smallest absolute Gasteiger partial charge is 0.258 e. The maximum absolute atomic E-state index is 12.3. The second kappa shape index (κ2) is 5.03. The van der Waals surface area contributed by atoms with Crippen LogP contribution in [0.15, 0.2) is 36.4 Å². The van der Waals surface area contributed by atoms with Gasteiger partial charge in [0, 0.05) is 24.1 Å². The quantitative estimate of drug-likeness (QED) is 0.479. The molecule has 0 bridgehead atoms. The van der Waals surface area contributed by atoms with Gasteiger partial charge in [0.1, 0.15) is 5.92 Å². The van der Waals surface area contributed by atoms with Crippen LogP contribution in [0.1, 0.15) is 16.8 Å². The molecule has 1 fully saturated rings. The van der Waals surface area contributed by atoms with Crippen LogP contribution < -0.4 is 10.2 Å². The Balaban J connectivity index is 1.90. The van der Waals surface area contributed by atoms with Gasteiger partial charge in [0.25, 0.3) is 11.8 Å². The lowest BCUT2D eigenvalue weighted by Crippen LogP contribution is -2.30. The number of ketones is 1. The van der Waals surface area contributed by atoms with Gasteiger partial charge in [-0.05, 0) is 12.1 Å². The van der Waals surface area contributed by atoms with E-state index in [1.165, 1.54) is 24.3 Å². The Hall–Kier alpha value is -3.09. The molecule has 1 unspecified atom stereocenters. The minimum absolute atomic E-state index is 0.167. The fraction of sp³-hybridized carbons (Fsp3) is 0.133. The zero-order chi connectivity index (χ0) is 15.9. The normalized spacial score (nSPS) is 20.7. The van der Waals surface area contributed by atoms with Crippen molar-refractivity contribution in [3.05, 3.63) is 42.0 Å². The van der Waals surface area contributed by atoms with Crippen LogP contribution in [-0.4, -0.2) is 29.4 Å². The Morgan fingerprint density at radius 1 is 1.09 bits per heavy atom. The number of carbonyl (C=O) groups is 5. The predicted octanol–water partition coefficient (Wildman–Crippen LogP) is -0.0386. The maximum Gasteiger partial charge on any atom is 0.258 e. The summed E-state index contributed by atoms with van der Waals surface area (Å²) in [6, 6.07) is 5.86. The Morgan fingerprint density at radius 3 is 2.36 bits per heavy atom. The molecular weight excluding hydrogens is 288 g/mol. The lowest BCUT2D eigenvalue weighted by molar-refractivity contribution is -0.125. The van der Waals surface area contributed by atoms with E-state index in [1.807, 2.05) is 0 Å². The number of rotatable bonds is 3. The number of imide groups is 2. The minimum Gasteiger partial charge on any atom is -0.296 e. The van der Waals surface area contributed by atoms with Gasteiger partial charge in [-0.3, -0.25) is 29.3 Å². The molecule has 2 heterocycles. The van der Waals surface area contributed by atoms with Gasteiger partial charge < -0.3 is 0 Å². The minimum atomic E-state index is -1.06. The van der Waals surface area contributed by atoms with Crippen molar-refractivity contribution in [3.8, 4) is 0 Å².